The van der Waals surface area contributed by atoms with Crippen LogP contribution in [0, 0.1) is 5.82 Å². The number of nitrogens with zero attached hydrogens (tertiary/aromatic N) is 1. The molecule has 0 aromatic heterocycles. The normalized spacial score (nSPS) is 32.1. The predicted octanol–water partition coefficient (Wildman–Crippen LogP) is 2.82. The van der Waals surface area contributed by atoms with Gasteiger partial charge in [0.05, 0.1) is 23.4 Å². The molecule has 5 unspecified atom stereocenters. The van der Waals surface area contributed by atoms with Gasteiger partial charge in [0.25, 0.3) is 0 Å². The molecule has 5 nitrogen and oxygen atoms in total. The number of hydrogen-bond donors (Lipinski definition) is 3. The van der Waals surface area contributed by atoms with Crippen LogP contribution in [-0.4, -0.2) is 42.5 Å². The number of rotatable bonds is 4. The van der Waals surface area contributed by atoms with E-state index in [1.807, 2.05) is 6.92 Å². The van der Waals surface area contributed by atoms with Crippen LogP contribution in [0.25, 0.3) is 0 Å². The van der Waals surface area contributed by atoms with Crippen molar-refractivity contribution >= 4 is 23.2 Å². The van der Waals surface area contributed by atoms with Crippen LogP contribution in [0.1, 0.15) is 38.4 Å². The van der Waals surface area contributed by atoms with Gasteiger partial charge in [-0.05, 0) is 38.8 Å². The predicted molar refractivity (Wildman–Crippen MR) is 98.0 cm³/mol. The molecule has 0 bridgehead atoms. The van der Waals surface area contributed by atoms with Crippen LogP contribution in [-0.2, 0) is 4.74 Å². The van der Waals surface area contributed by atoms with Crippen molar-refractivity contribution in [2.24, 2.45) is 5.73 Å². The molecule has 140 valence electrons. The van der Waals surface area contributed by atoms with Crippen molar-refractivity contribution in [3.05, 3.63) is 33.6 Å². The van der Waals surface area contributed by atoms with Gasteiger partial charge in [0, 0.05) is 35.8 Å². The van der Waals surface area contributed by atoms with E-state index in [2.05, 4.69) is 22.7 Å². The van der Waals surface area contributed by atoms with Crippen molar-refractivity contribution in [1.82, 2.24) is 15.8 Å². The third kappa shape index (κ3) is 4.27. The monoisotopic (exact) mass is 390 g/mol. The molecule has 5 atom stereocenters. The van der Waals surface area contributed by atoms with Crippen LogP contribution >= 0.6 is 23.2 Å². The van der Waals surface area contributed by atoms with Gasteiger partial charge in [-0.1, -0.05) is 23.2 Å². The Morgan fingerprint density at radius 2 is 2.16 bits per heavy atom. The number of ether oxygens (including phenoxy) is 1. The fourth-order valence-electron chi connectivity index (χ4n) is 3.56. The lowest BCUT2D eigenvalue weighted by molar-refractivity contribution is -0.0585. The summed E-state index contributed by atoms with van der Waals surface area (Å²) in [7, 11) is 0. The molecule has 0 radical (unpaired) electrons. The maximum atomic E-state index is 13.8. The first kappa shape index (κ1) is 19.3. The molecule has 0 spiro atoms. The Bertz CT molecular complexity index is 621. The fourth-order valence-corrected chi connectivity index (χ4v) is 4.24. The highest BCUT2D eigenvalue weighted by Crippen LogP contribution is 2.35. The average Bonchev–Trinajstić information content (AvgIpc) is 3.00. The van der Waals surface area contributed by atoms with Crippen LogP contribution in [0.2, 0.25) is 10.0 Å². The van der Waals surface area contributed by atoms with Crippen molar-refractivity contribution in [2.75, 3.05) is 13.1 Å². The molecule has 0 saturated carbocycles. The Morgan fingerprint density at radius 1 is 1.40 bits per heavy atom. The highest BCUT2D eigenvalue weighted by molar-refractivity contribution is 6.36. The summed E-state index contributed by atoms with van der Waals surface area (Å²) in [6.45, 7) is 5.80. The van der Waals surface area contributed by atoms with Crippen molar-refractivity contribution < 1.29 is 9.13 Å². The smallest absolute Gasteiger partial charge is 0.142 e. The summed E-state index contributed by atoms with van der Waals surface area (Å²) in [6, 6.07) is 3.53. The molecule has 2 saturated heterocycles. The Labute approximate surface area is 157 Å². The number of benzene rings is 1. The summed E-state index contributed by atoms with van der Waals surface area (Å²) in [5, 5.41) is 5.95. The van der Waals surface area contributed by atoms with Gasteiger partial charge in [0.1, 0.15) is 5.82 Å². The zero-order valence-electron chi connectivity index (χ0n) is 14.4. The number of hydrazine groups is 1. The molecule has 3 rings (SSSR count). The molecule has 2 heterocycles. The zero-order chi connectivity index (χ0) is 18.1. The van der Waals surface area contributed by atoms with E-state index >= 15 is 0 Å². The molecule has 25 heavy (non-hydrogen) atoms. The van der Waals surface area contributed by atoms with Gasteiger partial charge in [-0.25, -0.2) is 9.40 Å². The molecule has 0 amide bonds. The Hall–Kier alpha value is -0.470. The van der Waals surface area contributed by atoms with Crippen molar-refractivity contribution in [2.45, 2.75) is 57.1 Å². The molecule has 1 aromatic carbocycles. The lowest BCUT2D eigenvalue weighted by atomic mass is 10.0. The van der Waals surface area contributed by atoms with Gasteiger partial charge in [0.15, 0.2) is 0 Å². The second-order valence-electron chi connectivity index (χ2n) is 6.91. The maximum Gasteiger partial charge on any atom is 0.142 e. The molecule has 2 aliphatic heterocycles. The zero-order valence-corrected chi connectivity index (χ0v) is 15.9. The van der Waals surface area contributed by atoms with Crippen LogP contribution in [0.4, 0.5) is 4.39 Å². The van der Waals surface area contributed by atoms with Crippen LogP contribution in [0.5, 0.6) is 0 Å². The van der Waals surface area contributed by atoms with E-state index in [-0.39, 0.29) is 17.3 Å². The van der Waals surface area contributed by atoms with E-state index in [0.29, 0.717) is 22.7 Å². The van der Waals surface area contributed by atoms with E-state index in [0.717, 1.165) is 25.9 Å². The van der Waals surface area contributed by atoms with Crippen molar-refractivity contribution in [1.29, 1.82) is 0 Å². The largest absolute Gasteiger partial charge is 0.367 e. The first-order chi connectivity index (χ1) is 11.9. The molecular weight excluding hydrogens is 366 g/mol. The SMILES string of the molecule is CC1CCN(C2CNC(N)C(OC(C)c3c(Cl)ccc(F)c3Cl)C2)N1. The van der Waals surface area contributed by atoms with E-state index in [4.69, 9.17) is 33.7 Å². The van der Waals surface area contributed by atoms with E-state index in [9.17, 15) is 4.39 Å². The highest BCUT2D eigenvalue weighted by Gasteiger charge is 2.35. The Balaban J connectivity index is 1.69. The molecule has 0 aliphatic carbocycles. The average molecular weight is 391 g/mol. The number of nitrogens with two attached hydrogens (primary N) is 1. The molecular formula is C17H25Cl2FN4O. The molecule has 4 N–H and O–H groups in total. The summed E-state index contributed by atoms with van der Waals surface area (Å²) in [4.78, 5) is 0. The van der Waals surface area contributed by atoms with Crippen LogP contribution in [0.15, 0.2) is 12.1 Å². The second kappa shape index (κ2) is 8.05. The van der Waals surface area contributed by atoms with Gasteiger partial charge in [0.2, 0.25) is 0 Å². The third-order valence-electron chi connectivity index (χ3n) is 4.99. The number of halogens is 3. The van der Waals surface area contributed by atoms with Crippen LogP contribution in [0.3, 0.4) is 0 Å². The quantitative estimate of drug-likeness (QED) is 0.689. The van der Waals surface area contributed by atoms with Gasteiger partial charge in [-0.3, -0.25) is 10.7 Å². The standard InChI is InChI=1S/C17H25Cl2FN4O/c1-9-5-6-24(23-9)11-7-14(17(21)22-8-11)25-10(2)15-12(18)3-4-13(20)16(15)19/h3-4,9-11,14,17,22-23H,5-8,21H2,1-2H3. The minimum atomic E-state index is -0.504. The summed E-state index contributed by atoms with van der Waals surface area (Å²) < 4.78 is 19.9. The summed E-state index contributed by atoms with van der Waals surface area (Å²) >= 11 is 12.3. The minimum absolute atomic E-state index is 0.00363. The lowest BCUT2D eigenvalue weighted by Gasteiger charge is -2.40. The second-order valence-corrected chi connectivity index (χ2v) is 7.69. The molecule has 2 aliphatic rings. The van der Waals surface area contributed by atoms with E-state index < -0.39 is 11.9 Å². The Morgan fingerprint density at radius 3 is 2.84 bits per heavy atom. The lowest BCUT2D eigenvalue weighted by Crippen LogP contribution is -2.61. The van der Waals surface area contributed by atoms with Gasteiger partial charge >= 0.3 is 0 Å². The minimum Gasteiger partial charge on any atom is -0.367 e. The summed E-state index contributed by atoms with van der Waals surface area (Å²) in [5.74, 6) is -0.504. The fraction of sp³-hybridized carbons (Fsp3) is 0.647. The van der Waals surface area contributed by atoms with Crippen molar-refractivity contribution in [3.63, 3.8) is 0 Å². The van der Waals surface area contributed by atoms with E-state index in [1.165, 1.54) is 12.1 Å². The first-order valence-corrected chi connectivity index (χ1v) is 9.43. The molecule has 8 heteroatoms. The number of piperidine rings is 1. The highest BCUT2D eigenvalue weighted by atomic mass is 35.5. The van der Waals surface area contributed by atoms with Gasteiger partial charge in [-0.2, -0.15) is 0 Å². The third-order valence-corrected chi connectivity index (χ3v) is 5.70. The summed E-state index contributed by atoms with van der Waals surface area (Å²) in [6.07, 6.45) is 0.936. The summed E-state index contributed by atoms with van der Waals surface area (Å²) in [5.41, 5.74) is 10.1. The Kier molecular flexibility index (Phi) is 6.21. The van der Waals surface area contributed by atoms with Gasteiger partial charge < -0.3 is 10.5 Å². The first-order valence-electron chi connectivity index (χ1n) is 8.67. The van der Waals surface area contributed by atoms with Crippen LogP contribution < -0.4 is 16.5 Å². The van der Waals surface area contributed by atoms with E-state index in [1.54, 1.807) is 0 Å². The topological polar surface area (TPSA) is 62.5 Å². The number of hydrogen-bond acceptors (Lipinski definition) is 5. The number of nitrogens with one attached hydrogen (secondary N) is 2. The van der Waals surface area contributed by atoms with Crippen molar-refractivity contribution in [3.8, 4) is 0 Å². The maximum absolute atomic E-state index is 13.8. The molecule has 1 aromatic rings. The van der Waals surface area contributed by atoms with Gasteiger partial charge in [-0.15, -0.1) is 0 Å². The molecule has 2 fully saturated rings.